The molecule has 0 bridgehead atoms. The van der Waals surface area contributed by atoms with Crippen molar-refractivity contribution in [3.8, 4) is 0 Å². The zero-order valence-electron chi connectivity index (χ0n) is 17.8. The van der Waals surface area contributed by atoms with Gasteiger partial charge in [-0.15, -0.1) is 0 Å². The van der Waals surface area contributed by atoms with E-state index in [0.717, 1.165) is 54.8 Å². The third-order valence-electron chi connectivity index (χ3n) is 5.06. The molecule has 0 fully saturated rings. The van der Waals surface area contributed by atoms with Crippen LogP contribution in [-0.4, -0.2) is 52.6 Å². The van der Waals surface area contributed by atoms with E-state index >= 15 is 0 Å². The van der Waals surface area contributed by atoms with Crippen LogP contribution in [0.1, 0.15) is 38.8 Å². The summed E-state index contributed by atoms with van der Waals surface area (Å²) >= 11 is 5.66. The minimum absolute atomic E-state index is 0.0405. The van der Waals surface area contributed by atoms with Crippen molar-refractivity contribution in [2.24, 2.45) is 5.92 Å². The van der Waals surface area contributed by atoms with E-state index in [1.165, 1.54) is 0 Å². The Kier molecular flexibility index (Phi) is 8.45. The number of rotatable bonds is 9. The van der Waals surface area contributed by atoms with Gasteiger partial charge in [0.2, 0.25) is 0 Å². The molecule has 5 nitrogen and oxygen atoms in total. The highest BCUT2D eigenvalue weighted by Gasteiger charge is 2.15. The molecule has 0 spiro atoms. The van der Waals surface area contributed by atoms with E-state index in [1.807, 2.05) is 31.2 Å². The van der Waals surface area contributed by atoms with Crippen LogP contribution in [-0.2, 0) is 6.54 Å². The second kappa shape index (κ2) is 10.6. The standard InChI is InChI=1S/C22H34N4OS/c1-6-25(7-2)11-12-26(22(28)23-14-16(3)4)15-19-13-18-10-8-9-17(5)20(18)24-21(19)27/h8-10,13,16H,6-7,11-12,14-15H2,1-5H3,(H,23,28)(H,24,27). The van der Waals surface area contributed by atoms with Crippen molar-refractivity contribution in [3.63, 3.8) is 0 Å². The molecule has 0 aliphatic heterocycles. The number of pyridine rings is 1. The van der Waals surface area contributed by atoms with Gasteiger partial charge in [-0.2, -0.15) is 0 Å². The van der Waals surface area contributed by atoms with Crippen molar-refractivity contribution in [1.29, 1.82) is 0 Å². The van der Waals surface area contributed by atoms with Gasteiger partial charge in [0, 0.05) is 25.2 Å². The second-order valence-electron chi connectivity index (χ2n) is 7.69. The fourth-order valence-corrected chi connectivity index (χ4v) is 3.45. The maximum atomic E-state index is 12.7. The molecule has 2 aromatic rings. The Labute approximate surface area is 174 Å². The highest BCUT2D eigenvalue weighted by Crippen LogP contribution is 2.16. The van der Waals surface area contributed by atoms with Gasteiger partial charge < -0.3 is 20.1 Å². The zero-order valence-corrected chi connectivity index (χ0v) is 18.7. The van der Waals surface area contributed by atoms with Gasteiger partial charge in [-0.1, -0.05) is 45.9 Å². The summed E-state index contributed by atoms with van der Waals surface area (Å²) in [5.74, 6) is 0.509. The summed E-state index contributed by atoms with van der Waals surface area (Å²) in [5.41, 5.74) is 2.69. The van der Waals surface area contributed by atoms with Crippen molar-refractivity contribution >= 4 is 28.2 Å². The first-order chi connectivity index (χ1) is 13.3. The SMILES string of the molecule is CCN(CC)CCN(Cc1cc2cccc(C)c2[nH]c1=O)C(=S)NCC(C)C. The van der Waals surface area contributed by atoms with Gasteiger partial charge in [0.15, 0.2) is 5.11 Å². The summed E-state index contributed by atoms with van der Waals surface area (Å²) in [6.45, 7) is 15.7. The van der Waals surface area contributed by atoms with Gasteiger partial charge >= 0.3 is 0 Å². The Morgan fingerprint density at radius 3 is 2.57 bits per heavy atom. The molecule has 1 heterocycles. The van der Waals surface area contributed by atoms with Crippen LogP contribution in [0.15, 0.2) is 29.1 Å². The average molecular weight is 403 g/mol. The van der Waals surface area contributed by atoms with E-state index in [1.54, 1.807) is 0 Å². The number of thiocarbonyl (C=S) groups is 1. The van der Waals surface area contributed by atoms with E-state index in [0.29, 0.717) is 17.6 Å². The molecule has 0 aliphatic rings. The summed E-state index contributed by atoms with van der Waals surface area (Å²) in [5, 5.41) is 5.12. The molecule has 1 aromatic carbocycles. The van der Waals surface area contributed by atoms with Crippen LogP contribution < -0.4 is 10.9 Å². The summed E-state index contributed by atoms with van der Waals surface area (Å²) in [6.07, 6.45) is 0. The van der Waals surface area contributed by atoms with Crippen molar-refractivity contribution in [2.45, 2.75) is 41.2 Å². The fourth-order valence-electron chi connectivity index (χ4n) is 3.21. The van der Waals surface area contributed by atoms with Crippen LogP contribution in [0.4, 0.5) is 0 Å². The maximum Gasteiger partial charge on any atom is 0.253 e. The smallest absolute Gasteiger partial charge is 0.253 e. The number of fused-ring (bicyclic) bond motifs is 1. The number of para-hydroxylation sites is 1. The number of hydrogen-bond donors (Lipinski definition) is 2. The second-order valence-corrected chi connectivity index (χ2v) is 8.08. The van der Waals surface area contributed by atoms with Gasteiger partial charge in [0.05, 0.1) is 12.1 Å². The third kappa shape index (κ3) is 6.04. The molecule has 6 heteroatoms. The quantitative estimate of drug-likeness (QED) is 0.629. The molecule has 28 heavy (non-hydrogen) atoms. The molecule has 154 valence electrons. The van der Waals surface area contributed by atoms with Gasteiger partial charge in [-0.05, 0) is 55.2 Å². The molecule has 0 amide bonds. The number of likely N-dealkylation sites (N-methyl/N-ethyl adjacent to an activating group) is 1. The first kappa shape index (κ1) is 22.4. The molecule has 2 rings (SSSR count). The van der Waals surface area contributed by atoms with Crippen LogP contribution in [0.2, 0.25) is 0 Å². The molecule has 0 unspecified atom stereocenters. The fraction of sp³-hybridized carbons (Fsp3) is 0.545. The van der Waals surface area contributed by atoms with Crippen molar-refractivity contribution in [1.82, 2.24) is 20.1 Å². The lowest BCUT2D eigenvalue weighted by molar-refractivity contribution is 0.263. The predicted octanol–water partition coefficient (Wildman–Crippen LogP) is 3.51. The number of hydrogen-bond acceptors (Lipinski definition) is 3. The van der Waals surface area contributed by atoms with Crippen molar-refractivity contribution in [3.05, 3.63) is 45.7 Å². The topological polar surface area (TPSA) is 51.4 Å². The van der Waals surface area contributed by atoms with Gasteiger partial charge in [0.1, 0.15) is 0 Å². The van der Waals surface area contributed by atoms with E-state index < -0.39 is 0 Å². The highest BCUT2D eigenvalue weighted by molar-refractivity contribution is 7.80. The van der Waals surface area contributed by atoms with Crippen LogP contribution in [0.3, 0.4) is 0 Å². The monoisotopic (exact) mass is 402 g/mol. The number of aromatic amines is 1. The van der Waals surface area contributed by atoms with Gasteiger partial charge in [0.25, 0.3) is 5.56 Å². The Hall–Kier alpha value is -1.92. The van der Waals surface area contributed by atoms with Crippen LogP contribution >= 0.6 is 12.2 Å². The average Bonchev–Trinajstić information content (AvgIpc) is 2.67. The zero-order chi connectivity index (χ0) is 20.7. The Morgan fingerprint density at radius 1 is 1.21 bits per heavy atom. The first-order valence-electron chi connectivity index (χ1n) is 10.2. The Bertz CT molecular complexity index is 842. The first-order valence-corrected chi connectivity index (χ1v) is 10.6. The summed E-state index contributed by atoms with van der Waals surface area (Å²) < 4.78 is 0. The molecule has 1 aromatic heterocycles. The predicted molar refractivity (Wildman–Crippen MR) is 123 cm³/mol. The van der Waals surface area contributed by atoms with Gasteiger partial charge in [-0.25, -0.2) is 0 Å². The molecule has 0 aliphatic carbocycles. The molecule has 0 saturated heterocycles. The summed E-state index contributed by atoms with van der Waals surface area (Å²) in [7, 11) is 0. The molecule has 2 N–H and O–H groups in total. The van der Waals surface area contributed by atoms with E-state index in [-0.39, 0.29) is 5.56 Å². The lowest BCUT2D eigenvalue weighted by atomic mass is 10.1. The van der Waals surface area contributed by atoms with Crippen LogP contribution in [0, 0.1) is 12.8 Å². The third-order valence-corrected chi connectivity index (χ3v) is 5.46. The number of nitrogens with zero attached hydrogens (tertiary/aromatic N) is 2. The van der Waals surface area contributed by atoms with E-state index in [2.05, 4.69) is 47.8 Å². The highest BCUT2D eigenvalue weighted by atomic mass is 32.1. The van der Waals surface area contributed by atoms with Crippen molar-refractivity contribution in [2.75, 3.05) is 32.7 Å². The normalized spacial score (nSPS) is 11.4. The summed E-state index contributed by atoms with van der Waals surface area (Å²) in [4.78, 5) is 20.2. The number of benzene rings is 1. The number of nitrogens with one attached hydrogen (secondary N) is 2. The molecular weight excluding hydrogens is 368 g/mol. The summed E-state index contributed by atoms with van der Waals surface area (Å²) in [6, 6.07) is 8.07. The molecule has 0 saturated carbocycles. The van der Waals surface area contributed by atoms with E-state index in [4.69, 9.17) is 12.2 Å². The minimum atomic E-state index is -0.0405. The molecule has 0 radical (unpaired) electrons. The van der Waals surface area contributed by atoms with E-state index in [9.17, 15) is 4.79 Å². The number of aromatic nitrogens is 1. The lowest BCUT2D eigenvalue weighted by Crippen LogP contribution is -2.45. The minimum Gasteiger partial charge on any atom is -0.362 e. The Morgan fingerprint density at radius 2 is 1.93 bits per heavy atom. The van der Waals surface area contributed by atoms with Crippen molar-refractivity contribution < 1.29 is 0 Å². The van der Waals surface area contributed by atoms with Gasteiger partial charge in [-0.3, -0.25) is 4.79 Å². The number of aryl methyl sites for hydroxylation is 1. The number of H-pyrrole nitrogens is 1. The lowest BCUT2D eigenvalue weighted by Gasteiger charge is -2.29. The molecular formula is C22H34N4OS. The largest absolute Gasteiger partial charge is 0.362 e. The Balaban J connectivity index is 2.25. The maximum absolute atomic E-state index is 12.7. The van der Waals surface area contributed by atoms with Crippen LogP contribution in [0.25, 0.3) is 10.9 Å². The van der Waals surface area contributed by atoms with Crippen LogP contribution in [0.5, 0.6) is 0 Å². The molecule has 0 atom stereocenters.